The van der Waals surface area contributed by atoms with Crippen molar-refractivity contribution in [3.8, 4) is 34.6 Å². The van der Waals surface area contributed by atoms with Gasteiger partial charge < -0.3 is 30.0 Å². The Hall–Kier alpha value is -4.03. The fourth-order valence-corrected chi connectivity index (χ4v) is 3.02. The highest BCUT2D eigenvalue weighted by Gasteiger charge is 2.14. The minimum atomic E-state index is -0.0270. The van der Waals surface area contributed by atoms with E-state index in [4.69, 9.17) is 19.3 Å². The van der Waals surface area contributed by atoms with Crippen LogP contribution in [0, 0.1) is 11.3 Å². The molecule has 0 radical (unpaired) electrons. The maximum Gasteiger partial charge on any atom is 0.227 e. The van der Waals surface area contributed by atoms with E-state index in [1.165, 1.54) is 7.11 Å². The zero-order valence-electron chi connectivity index (χ0n) is 17.5. The summed E-state index contributed by atoms with van der Waals surface area (Å²) >= 11 is 0. The van der Waals surface area contributed by atoms with Crippen LogP contribution in [0.1, 0.15) is 5.56 Å². The van der Waals surface area contributed by atoms with Crippen LogP contribution < -0.4 is 24.8 Å². The van der Waals surface area contributed by atoms with Crippen molar-refractivity contribution >= 4 is 17.3 Å². The summed E-state index contributed by atoms with van der Waals surface area (Å²) in [4.78, 5) is 8.84. The van der Waals surface area contributed by atoms with E-state index in [-0.39, 0.29) is 6.61 Å². The molecule has 0 atom stereocenters. The molecule has 0 aliphatic rings. The van der Waals surface area contributed by atoms with Crippen LogP contribution in [0.15, 0.2) is 42.6 Å². The normalized spacial score (nSPS) is 10.2. The van der Waals surface area contributed by atoms with E-state index in [0.29, 0.717) is 52.4 Å². The number of anilines is 3. The molecule has 0 aliphatic heterocycles. The first kappa shape index (κ1) is 21.7. The number of benzene rings is 2. The van der Waals surface area contributed by atoms with Crippen LogP contribution in [-0.4, -0.2) is 49.6 Å². The molecule has 3 N–H and O–H groups in total. The first-order chi connectivity index (χ1) is 15.1. The van der Waals surface area contributed by atoms with E-state index in [1.807, 2.05) is 12.1 Å². The number of nitrogens with one attached hydrogen (secondary N) is 2. The van der Waals surface area contributed by atoms with Crippen LogP contribution in [0.3, 0.4) is 0 Å². The molecule has 9 nitrogen and oxygen atoms in total. The predicted octanol–water partition coefficient (Wildman–Crippen LogP) is 3.19. The first-order valence-corrected chi connectivity index (χ1v) is 9.42. The number of hydrogen-bond donors (Lipinski definition) is 3. The van der Waals surface area contributed by atoms with Crippen LogP contribution in [0.5, 0.6) is 17.2 Å². The summed E-state index contributed by atoms with van der Waals surface area (Å²) in [7, 11) is 4.62. The van der Waals surface area contributed by atoms with Gasteiger partial charge in [-0.25, -0.2) is 9.97 Å². The van der Waals surface area contributed by atoms with Gasteiger partial charge in [0.1, 0.15) is 11.8 Å². The fourth-order valence-electron chi connectivity index (χ4n) is 3.02. The van der Waals surface area contributed by atoms with E-state index in [0.717, 1.165) is 5.56 Å². The summed E-state index contributed by atoms with van der Waals surface area (Å²) in [5.74, 6) is 1.91. The van der Waals surface area contributed by atoms with Crippen molar-refractivity contribution in [1.82, 2.24) is 9.97 Å². The first-order valence-electron chi connectivity index (χ1n) is 9.42. The van der Waals surface area contributed by atoms with E-state index in [9.17, 15) is 5.26 Å². The smallest absolute Gasteiger partial charge is 0.227 e. The highest BCUT2D eigenvalue weighted by atomic mass is 16.5. The maximum absolute atomic E-state index is 9.33. The van der Waals surface area contributed by atoms with Gasteiger partial charge in [0.2, 0.25) is 5.95 Å². The second-order valence-corrected chi connectivity index (χ2v) is 6.33. The monoisotopic (exact) mass is 421 g/mol. The zero-order valence-corrected chi connectivity index (χ0v) is 17.5. The minimum Gasteiger partial charge on any atom is -0.495 e. The molecule has 2 aromatic carbocycles. The lowest BCUT2D eigenvalue weighted by molar-refractivity contribution is 0.310. The SMILES string of the molecule is COc1ccc(-c2ccnc(Nc3cc(NCCO)c(OC)c(OC)c3)n2)cc1C#N. The summed E-state index contributed by atoms with van der Waals surface area (Å²) < 4.78 is 16.0. The van der Waals surface area contributed by atoms with Crippen molar-refractivity contribution < 1.29 is 19.3 Å². The number of nitrogens with zero attached hydrogens (tertiary/aromatic N) is 3. The molecular formula is C22H23N5O4. The Morgan fingerprint density at radius 3 is 2.52 bits per heavy atom. The van der Waals surface area contributed by atoms with Gasteiger partial charge in [-0.2, -0.15) is 5.26 Å². The Bertz CT molecular complexity index is 1100. The van der Waals surface area contributed by atoms with E-state index >= 15 is 0 Å². The number of aromatic nitrogens is 2. The molecule has 0 fully saturated rings. The van der Waals surface area contributed by atoms with Crippen molar-refractivity contribution in [3.05, 3.63) is 48.2 Å². The van der Waals surface area contributed by atoms with Gasteiger partial charge in [0.15, 0.2) is 11.5 Å². The summed E-state index contributed by atoms with van der Waals surface area (Å²) in [6, 6.07) is 12.7. The third kappa shape index (κ3) is 4.94. The number of hydrogen-bond acceptors (Lipinski definition) is 9. The van der Waals surface area contributed by atoms with Crippen LogP contribution in [0.2, 0.25) is 0 Å². The van der Waals surface area contributed by atoms with Gasteiger partial charge in [-0.05, 0) is 30.3 Å². The second-order valence-electron chi connectivity index (χ2n) is 6.33. The van der Waals surface area contributed by atoms with Crippen LogP contribution in [0.4, 0.5) is 17.3 Å². The Labute approximate surface area is 180 Å². The van der Waals surface area contributed by atoms with Crippen LogP contribution in [-0.2, 0) is 0 Å². The van der Waals surface area contributed by atoms with Gasteiger partial charge in [0, 0.05) is 30.1 Å². The number of ether oxygens (including phenoxy) is 3. The summed E-state index contributed by atoms with van der Waals surface area (Å²) in [5, 5.41) is 24.7. The zero-order chi connectivity index (χ0) is 22.2. The molecule has 3 rings (SSSR count). The molecule has 1 heterocycles. The Morgan fingerprint density at radius 2 is 1.84 bits per heavy atom. The molecular weight excluding hydrogens is 398 g/mol. The molecule has 160 valence electrons. The third-order valence-corrected chi connectivity index (χ3v) is 4.43. The van der Waals surface area contributed by atoms with Gasteiger partial charge in [0.05, 0.1) is 44.9 Å². The number of aliphatic hydroxyl groups excluding tert-OH is 1. The molecule has 0 saturated heterocycles. The summed E-state index contributed by atoms with van der Waals surface area (Å²) in [5.41, 5.74) is 3.16. The topological polar surface area (TPSA) is 122 Å². The molecule has 0 amide bonds. The van der Waals surface area contributed by atoms with Gasteiger partial charge in [-0.1, -0.05) is 0 Å². The average molecular weight is 421 g/mol. The molecule has 0 unspecified atom stereocenters. The molecule has 3 aromatic rings. The largest absolute Gasteiger partial charge is 0.495 e. The lowest BCUT2D eigenvalue weighted by atomic mass is 10.1. The predicted molar refractivity (Wildman–Crippen MR) is 117 cm³/mol. The number of aliphatic hydroxyl groups is 1. The van der Waals surface area contributed by atoms with Gasteiger partial charge in [0.25, 0.3) is 0 Å². The van der Waals surface area contributed by atoms with Crippen molar-refractivity contribution in [2.45, 2.75) is 0 Å². The lowest BCUT2D eigenvalue weighted by Crippen LogP contribution is -2.08. The van der Waals surface area contributed by atoms with E-state index in [1.54, 1.807) is 44.7 Å². The fraction of sp³-hybridized carbons (Fsp3) is 0.227. The van der Waals surface area contributed by atoms with Gasteiger partial charge >= 0.3 is 0 Å². The maximum atomic E-state index is 9.33. The highest BCUT2D eigenvalue weighted by molar-refractivity contribution is 5.73. The minimum absolute atomic E-state index is 0.0270. The number of methoxy groups -OCH3 is 3. The van der Waals surface area contributed by atoms with Crippen LogP contribution in [0.25, 0.3) is 11.3 Å². The molecule has 9 heteroatoms. The second kappa shape index (κ2) is 10.1. The summed E-state index contributed by atoms with van der Waals surface area (Å²) in [6.45, 7) is 0.328. The quantitative estimate of drug-likeness (QED) is 0.478. The Morgan fingerprint density at radius 1 is 1.03 bits per heavy atom. The molecule has 0 aliphatic carbocycles. The molecule has 0 bridgehead atoms. The molecule has 0 spiro atoms. The summed E-state index contributed by atoms with van der Waals surface area (Å²) in [6.07, 6.45) is 1.63. The molecule has 1 aromatic heterocycles. The highest BCUT2D eigenvalue weighted by Crippen LogP contribution is 2.39. The number of nitriles is 1. The van der Waals surface area contributed by atoms with E-state index in [2.05, 4.69) is 26.7 Å². The van der Waals surface area contributed by atoms with Crippen molar-refractivity contribution in [3.63, 3.8) is 0 Å². The molecule has 0 saturated carbocycles. The standard InChI is InChI=1S/C22H23N5O4/c1-29-19-5-4-14(10-15(19)13-23)17-6-7-25-22(27-17)26-16-11-18(24-8-9-28)21(31-3)20(12-16)30-2/h4-7,10-12,24,28H,8-9H2,1-3H3,(H,25,26,27). The third-order valence-electron chi connectivity index (χ3n) is 4.43. The average Bonchev–Trinajstić information content (AvgIpc) is 2.81. The van der Waals surface area contributed by atoms with Gasteiger partial charge in [-0.3, -0.25) is 0 Å². The van der Waals surface area contributed by atoms with E-state index < -0.39 is 0 Å². The van der Waals surface area contributed by atoms with Gasteiger partial charge in [-0.15, -0.1) is 0 Å². The van der Waals surface area contributed by atoms with Crippen molar-refractivity contribution in [2.24, 2.45) is 0 Å². The lowest BCUT2D eigenvalue weighted by Gasteiger charge is -2.16. The number of rotatable bonds is 9. The Kier molecular flexibility index (Phi) is 7.09. The van der Waals surface area contributed by atoms with Crippen molar-refractivity contribution in [2.75, 3.05) is 45.1 Å². The molecule has 31 heavy (non-hydrogen) atoms. The van der Waals surface area contributed by atoms with Crippen molar-refractivity contribution in [1.29, 1.82) is 5.26 Å². The Balaban J connectivity index is 1.93. The van der Waals surface area contributed by atoms with Crippen LogP contribution >= 0.6 is 0 Å².